The SMILES string of the molecule is O=C(Cn1ccc(=O)[nH]c1=O)NOC1CCCC1. The second-order valence-corrected chi connectivity index (χ2v) is 4.29. The van der Waals surface area contributed by atoms with Gasteiger partial charge in [0.25, 0.3) is 11.5 Å². The number of aromatic nitrogens is 2. The molecule has 1 heterocycles. The summed E-state index contributed by atoms with van der Waals surface area (Å²) in [5.74, 6) is -0.420. The Morgan fingerprint density at radius 1 is 1.44 bits per heavy atom. The number of rotatable bonds is 4. The van der Waals surface area contributed by atoms with E-state index in [0.29, 0.717) is 0 Å². The molecule has 1 amide bonds. The van der Waals surface area contributed by atoms with Crippen LogP contribution in [0.25, 0.3) is 0 Å². The highest BCUT2D eigenvalue weighted by Crippen LogP contribution is 2.19. The maximum Gasteiger partial charge on any atom is 0.328 e. The molecule has 98 valence electrons. The lowest BCUT2D eigenvalue weighted by molar-refractivity contribution is -0.138. The molecule has 2 rings (SSSR count). The summed E-state index contributed by atoms with van der Waals surface area (Å²) in [6.07, 6.45) is 5.45. The Balaban J connectivity index is 1.86. The number of hydrogen-bond donors (Lipinski definition) is 2. The van der Waals surface area contributed by atoms with Crippen LogP contribution in [-0.2, 0) is 16.2 Å². The first kappa shape index (κ1) is 12.6. The van der Waals surface area contributed by atoms with Gasteiger partial charge in [-0.1, -0.05) is 12.8 Å². The molecular weight excluding hydrogens is 238 g/mol. The van der Waals surface area contributed by atoms with Gasteiger partial charge in [0, 0.05) is 12.3 Å². The number of amides is 1. The number of hydroxylamine groups is 1. The molecular formula is C11H15N3O4. The van der Waals surface area contributed by atoms with Crippen LogP contribution in [-0.4, -0.2) is 21.6 Å². The van der Waals surface area contributed by atoms with Crippen LogP contribution in [0, 0.1) is 0 Å². The molecule has 0 unspecified atom stereocenters. The third-order valence-corrected chi connectivity index (χ3v) is 2.85. The highest BCUT2D eigenvalue weighted by molar-refractivity contribution is 5.74. The van der Waals surface area contributed by atoms with E-state index < -0.39 is 17.2 Å². The smallest absolute Gasteiger partial charge is 0.291 e. The summed E-state index contributed by atoms with van der Waals surface area (Å²) in [6.45, 7) is -0.178. The first-order chi connectivity index (χ1) is 8.65. The summed E-state index contributed by atoms with van der Waals surface area (Å²) in [4.78, 5) is 41.0. The monoisotopic (exact) mass is 253 g/mol. The van der Waals surface area contributed by atoms with Gasteiger partial charge in [0.05, 0.1) is 6.10 Å². The van der Waals surface area contributed by atoms with Gasteiger partial charge in [-0.3, -0.25) is 24.0 Å². The second-order valence-electron chi connectivity index (χ2n) is 4.29. The molecule has 18 heavy (non-hydrogen) atoms. The Bertz CT molecular complexity index is 528. The highest BCUT2D eigenvalue weighted by Gasteiger charge is 2.16. The third-order valence-electron chi connectivity index (χ3n) is 2.85. The Hall–Kier alpha value is -1.89. The molecule has 1 fully saturated rings. The zero-order valence-electron chi connectivity index (χ0n) is 9.85. The Kier molecular flexibility index (Phi) is 3.93. The van der Waals surface area contributed by atoms with Crippen molar-refractivity contribution >= 4 is 5.91 Å². The predicted molar refractivity (Wildman–Crippen MR) is 62.8 cm³/mol. The van der Waals surface area contributed by atoms with Crippen molar-refractivity contribution in [3.05, 3.63) is 33.1 Å². The zero-order valence-corrected chi connectivity index (χ0v) is 9.85. The van der Waals surface area contributed by atoms with E-state index in [1.54, 1.807) is 0 Å². The maximum atomic E-state index is 11.5. The molecule has 0 saturated heterocycles. The van der Waals surface area contributed by atoms with E-state index in [1.807, 2.05) is 0 Å². The molecule has 0 atom stereocenters. The van der Waals surface area contributed by atoms with Crippen LogP contribution in [0.3, 0.4) is 0 Å². The largest absolute Gasteiger partial charge is 0.328 e. The highest BCUT2D eigenvalue weighted by atomic mass is 16.7. The van der Waals surface area contributed by atoms with Crippen LogP contribution in [0.1, 0.15) is 25.7 Å². The van der Waals surface area contributed by atoms with E-state index in [4.69, 9.17) is 4.84 Å². The minimum atomic E-state index is -0.612. The number of carbonyl (C=O) groups is 1. The summed E-state index contributed by atoms with van der Waals surface area (Å²) in [6, 6.07) is 1.19. The van der Waals surface area contributed by atoms with E-state index in [-0.39, 0.29) is 12.6 Å². The number of hydrogen-bond acceptors (Lipinski definition) is 4. The number of H-pyrrole nitrogens is 1. The molecule has 1 aromatic heterocycles. The fourth-order valence-electron chi connectivity index (χ4n) is 1.91. The van der Waals surface area contributed by atoms with Crippen molar-refractivity contribution in [2.24, 2.45) is 0 Å². The Morgan fingerprint density at radius 3 is 2.83 bits per heavy atom. The molecule has 0 bridgehead atoms. The van der Waals surface area contributed by atoms with Gasteiger partial charge < -0.3 is 0 Å². The summed E-state index contributed by atoms with van der Waals surface area (Å²) in [5, 5.41) is 0. The summed E-state index contributed by atoms with van der Waals surface area (Å²) in [7, 11) is 0. The molecule has 0 aromatic carbocycles. The van der Waals surface area contributed by atoms with Crippen LogP contribution in [0.15, 0.2) is 21.9 Å². The molecule has 7 nitrogen and oxygen atoms in total. The van der Waals surface area contributed by atoms with E-state index in [1.165, 1.54) is 12.3 Å². The van der Waals surface area contributed by atoms with Crippen molar-refractivity contribution in [3.63, 3.8) is 0 Å². The summed E-state index contributed by atoms with van der Waals surface area (Å²) in [5.41, 5.74) is 1.22. The van der Waals surface area contributed by atoms with Crippen molar-refractivity contribution < 1.29 is 9.63 Å². The second kappa shape index (κ2) is 5.63. The van der Waals surface area contributed by atoms with Gasteiger partial charge in [-0.25, -0.2) is 10.3 Å². The van der Waals surface area contributed by atoms with Gasteiger partial charge in [0.1, 0.15) is 6.54 Å². The average molecular weight is 253 g/mol. The van der Waals surface area contributed by atoms with E-state index in [0.717, 1.165) is 30.3 Å². The van der Waals surface area contributed by atoms with Gasteiger partial charge in [-0.15, -0.1) is 0 Å². The van der Waals surface area contributed by atoms with E-state index in [9.17, 15) is 14.4 Å². The number of nitrogens with zero attached hydrogens (tertiary/aromatic N) is 1. The number of carbonyl (C=O) groups excluding carboxylic acids is 1. The normalized spacial score (nSPS) is 15.8. The molecule has 1 saturated carbocycles. The summed E-state index contributed by atoms with van der Waals surface area (Å²) < 4.78 is 1.11. The quantitative estimate of drug-likeness (QED) is 0.709. The fraction of sp³-hybridized carbons (Fsp3) is 0.545. The van der Waals surface area contributed by atoms with Crippen molar-refractivity contribution in [1.82, 2.24) is 15.0 Å². The Morgan fingerprint density at radius 2 is 2.17 bits per heavy atom. The Labute approximate surface area is 103 Å². The van der Waals surface area contributed by atoms with Gasteiger partial charge in [-0.05, 0) is 12.8 Å². The average Bonchev–Trinajstić information content (AvgIpc) is 2.83. The van der Waals surface area contributed by atoms with Crippen molar-refractivity contribution in [2.75, 3.05) is 0 Å². The van der Waals surface area contributed by atoms with Gasteiger partial charge in [-0.2, -0.15) is 0 Å². The van der Waals surface area contributed by atoms with Crippen molar-refractivity contribution in [1.29, 1.82) is 0 Å². The van der Waals surface area contributed by atoms with Crippen molar-refractivity contribution in [2.45, 2.75) is 38.3 Å². The molecule has 7 heteroatoms. The van der Waals surface area contributed by atoms with Gasteiger partial charge >= 0.3 is 5.69 Å². The topological polar surface area (TPSA) is 93.2 Å². The fourth-order valence-corrected chi connectivity index (χ4v) is 1.91. The lowest BCUT2D eigenvalue weighted by Crippen LogP contribution is -2.36. The molecule has 1 aromatic rings. The first-order valence-electron chi connectivity index (χ1n) is 5.89. The zero-order chi connectivity index (χ0) is 13.0. The lowest BCUT2D eigenvalue weighted by Gasteiger charge is -2.11. The lowest BCUT2D eigenvalue weighted by atomic mass is 10.3. The van der Waals surface area contributed by atoms with Gasteiger partial charge in [0.15, 0.2) is 0 Å². The molecule has 1 aliphatic rings. The van der Waals surface area contributed by atoms with Crippen LogP contribution in [0.4, 0.5) is 0 Å². The maximum absolute atomic E-state index is 11.5. The van der Waals surface area contributed by atoms with E-state index in [2.05, 4.69) is 10.5 Å². The van der Waals surface area contributed by atoms with Crippen LogP contribution >= 0.6 is 0 Å². The van der Waals surface area contributed by atoms with Crippen LogP contribution in [0.2, 0.25) is 0 Å². The number of aromatic amines is 1. The number of nitrogens with one attached hydrogen (secondary N) is 2. The van der Waals surface area contributed by atoms with E-state index >= 15 is 0 Å². The minimum absolute atomic E-state index is 0.0706. The van der Waals surface area contributed by atoms with Crippen LogP contribution in [0.5, 0.6) is 0 Å². The molecule has 1 aliphatic carbocycles. The first-order valence-corrected chi connectivity index (χ1v) is 5.89. The predicted octanol–water partition coefficient (Wildman–Crippen LogP) is -0.473. The molecule has 2 N–H and O–H groups in total. The van der Waals surface area contributed by atoms with Crippen molar-refractivity contribution in [3.8, 4) is 0 Å². The molecule has 0 aliphatic heterocycles. The standard InChI is InChI=1S/C11H15N3O4/c15-9-5-6-14(11(17)12-9)7-10(16)13-18-8-3-1-2-4-8/h5-6,8H,1-4,7H2,(H,13,16)(H,12,15,17). The molecule has 0 radical (unpaired) electrons. The molecule has 0 spiro atoms. The minimum Gasteiger partial charge on any atom is -0.291 e. The third kappa shape index (κ3) is 3.30. The summed E-state index contributed by atoms with van der Waals surface area (Å²) >= 11 is 0. The van der Waals surface area contributed by atoms with Gasteiger partial charge in [0.2, 0.25) is 0 Å². The van der Waals surface area contributed by atoms with Crippen LogP contribution < -0.4 is 16.7 Å².